The highest BCUT2D eigenvalue weighted by Crippen LogP contribution is 2.24. The number of hydrogen-bond acceptors (Lipinski definition) is 2. The summed E-state index contributed by atoms with van der Waals surface area (Å²) in [4.78, 5) is 23.5. The van der Waals surface area contributed by atoms with Crippen LogP contribution in [0.4, 0.5) is 0 Å². The molecule has 0 aromatic carbocycles. The van der Waals surface area contributed by atoms with Crippen LogP contribution in [0, 0.1) is 11.8 Å². The molecule has 0 rings (SSSR count). The summed E-state index contributed by atoms with van der Waals surface area (Å²) in [6.45, 7) is 11.7. The highest BCUT2D eigenvalue weighted by molar-refractivity contribution is 5.87. The van der Waals surface area contributed by atoms with Crippen LogP contribution in [0.15, 0.2) is 24.8 Å². The summed E-state index contributed by atoms with van der Waals surface area (Å²) in [6.07, 6.45) is 3.43. The Balaban J connectivity index is 4.95. The first-order valence-corrected chi connectivity index (χ1v) is 6.26. The number of amides is 2. The number of nitrogens with two attached hydrogens (primary N) is 1. The molecule has 0 spiro atoms. The van der Waals surface area contributed by atoms with Gasteiger partial charge >= 0.3 is 0 Å². The van der Waals surface area contributed by atoms with Crippen molar-refractivity contribution in [3.8, 4) is 0 Å². The largest absolute Gasteiger partial charge is 0.369 e. The molecule has 4 nitrogen and oxygen atoms in total. The number of rotatable bonds is 9. The molecule has 0 aromatic rings. The summed E-state index contributed by atoms with van der Waals surface area (Å²) in [5, 5.41) is 2.75. The quantitative estimate of drug-likeness (QED) is 0.614. The molecule has 0 saturated heterocycles. The molecule has 0 fully saturated rings. The maximum atomic E-state index is 12.0. The summed E-state index contributed by atoms with van der Waals surface area (Å²) in [5.41, 5.74) is 6.28. The van der Waals surface area contributed by atoms with E-state index in [1.54, 1.807) is 6.08 Å². The number of carbonyl (C=O) groups is 2. The molecule has 0 bridgehead atoms. The van der Waals surface area contributed by atoms with Crippen LogP contribution in [0.2, 0.25) is 0 Å². The van der Waals surface area contributed by atoms with E-state index in [4.69, 9.17) is 5.73 Å². The van der Waals surface area contributed by atoms with Crippen molar-refractivity contribution < 1.29 is 9.59 Å². The fraction of sp³-hybridized carbons (Fsp3) is 0.571. The third kappa shape index (κ3) is 5.66. The number of allylic oxidation sites excluding steroid dienone is 2. The van der Waals surface area contributed by atoms with E-state index < -0.39 is 17.7 Å². The summed E-state index contributed by atoms with van der Waals surface area (Å²) in [5.74, 6) is -1.46. The standard InChI is InChI=1S/C14H24N2O2/c1-5-7-8-11(13(15)17)12(9-10(3)4)14(18)16-6-2/h5,11-12H,1,3,6-9H2,2,4H3,(H2,15,17)(H,16,18)/t11-,12+/m0/s1. The minimum Gasteiger partial charge on any atom is -0.369 e. The Morgan fingerprint density at radius 3 is 2.39 bits per heavy atom. The van der Waals surface area contributed by atoms with Gasteiger partial charge in [-0.25, -0.2) is 0 Å². The van der Waals surface area contributed by atoms with E-state index in [1.165, 1.54) is 0 Å². The van der Waals surface area contributed by atoms with Crippen molar-refractivity contribution in [2.75, 3.05) is 6.54 Å². The minimum absolute atomic E-state index is 0.131. The van der Waals surface area contributed by atoms with Crippen molar-refractivity contribution in [1.82, 2.24) is 5.32 Å². The van der Waals surface area contributed by atoms with Crippen molar-refractivity contribution in [2.45, 2.75) is 33.1 Å². The normalized spacial score (nSPS) is 13.4. The van der Waals surface area contributed by atoms with E-state index in [0.29, 0.717) is 25.8 Å². The van der Waals surface area contributed by atoms with Crippen molar-refractivity contribution in [1.29, 1.82) is 0 Å². The lowest BCUT2D eigenvalue weighted by Crippen LogP contribution is -2.40. The van der Waals surface area contributed by atoms with Crippen molar-refractivity contribution in [3.63, 3.8) is 0 Å². The van der Waals surface area contributed by atoms with Gasteiger partial charge in [-0.05, 0) is 33.1 Å². The third-order valence-corrected chi connectivity index (χ3v) is 2.79. The molecular weight excluding hydrogens is 228 g/mol. The predicted molar refractivity (Wildman–Crippen MR) is 73.7 cm³/mol. The Labute approximate surface area is 109 Å². The summed E-state index contributed by atoms with van der Waals surface area (Å²) >= 11 is 0. The second-order valence-electron chi connectivity index (χ2n) is 4.54. The summed E-state index contributed by atoms with van der Waals surface area (Å²) in [7, 11) is 0. The first kappa shape index (κ1) is 16.4. The van der Waals surface area contributed by atoms with Gasteiger partial charge < -0.3 is 11.1 Å². The van der Waals surface area contributed by atoms with Crippen LogP contribution < -0.4 is 11.1 Å². The lowest BCUT2D eigenvalue weighted by molar-refractivity contribution is -0.133. The van der Waals surface area contributed by atoms with Gasteiger partial charge in [-0.15, -0.1) is 13.2 Å². The molecular formula is C14H24N2O2. The fourth-order valence-electron chi connectivity index (χ4n) is 1.94. The Morgan fingerprint density at radius 1 is 1.39 bits per heavy atom. The highest BCUT2D eigenvalue weighted by Gasteiger charge is 2.31. The van der Waals surface area contributed by atoms with Gasteiger partial charge in [0.1, 0.15) is 0 Å². The highest BCUT2D eigenvalue weighted by atomic mass is 16.2. The monoisotopic (exact) mass is 252 g/mol. The number of primary amides is 1. The van der Waals surface area contributed by atoms with E-state index in [2.05, 4.69) is 18.5 Å². The Kier molecular flexibility index (Phi) is 7.76. The van der Waals surface area contributed by atoms with Gasteiger partial charge in [0.2, 0.25) is 11.8 Å². The first-order chi connectivity index (χ1) is 8.43. The van der Waals surface area contributed by atoms with Crippen molar-refractivity contribution in [2.24, 2.45) is 17.6 Å². The molecule has 0 heterocycles. The average Bonchev–Trinajstić information content (AvgIpc) is 2.27. The molecule has 0 radical (unpaired) electrons. The molecule has 0 aliphatic rings. The molecule has 2 amide bonds. The first-order valence-electron chi connectivity index (χ1n) is 6.26. The maximum absolute atomic E-state index is 12.0. The van der Waals surface area contributed by atoms with E-state index in [9.17, 15) is 9.59 Å². The van der Waals surface area contributed by atoms with Gasteiger partial charge in [-0.1, -0.05) is 11.6 Å². The molecule has 0 aliphatic heterocycles. The van der Waals surface area contributed by atoms with E-state index in [-0.39, 0.29) is 5.91 Å². The van der Waals surface area contributed by atoms with Gasteiger partial charge in [-0.2, -0.15) is 0 Å². The minimum atomic E-state index is -0.466. The smallest absolute Gasteiger partial charge is 0.224 e. The van der Waals surface area contributed by atoms with Crippen molar-refractivity contribution in [3.05, 3.63) is 24.8 Å². The summed E-state index contributed by atoms with van der Waals surface area (Å²) in [6, 6.07) is 0. The van der Waals surface area contributed by atoms with E-state index in [1.807, 2.05) is 13.8 Å². The molecule has 0 unspecified atom stereocenters. The molecule has 18 heavy (non-hydrogen) atoms. The van der Waals surface area contributed by atoms with Gasteiger partial charge in [0.25, 0.3) is 0 Å². The van der Waals surface area contributed by atoms with Gasteiger partial charge in [0.05, 0.1) is 5.92 Å². The Bertz CT molecular complexity index is 324. The molecule has 0 aromatic heterocycles. The van der Waals surface area contributed by atoms with Crippen LogP contribution in [0.25, 0.3) is 0 Å². The SMILES string of the molecule is C=CCC[C@H](C(N)=O)[C@@H](CC(=C)C)C(=O)NCC. The van der Waals surface area contributed by atoms with Gasteiger partial charge in [-0.3, -0.25) is 9.59 Å². The van der Waals surface area contributed by atoms with Crippen LogP contribution in [0.3, 0.4) is 0 Å². The number of nitrogens with one attached hydrogen (secondary N) is 1. The molecule has 0 aliphatic carbocycles. The van der Waals surface area contributed by atoms with Crippen molar-refractivity contribution >= 4 is 11.8 Å². The molecule has 102 valence electrons. The Morgan fingerprint density at radius 2 is 2.00 bits per heavy atom. The lowest BCUT2D eigenvalue weighted by atomic mass is 9.83. The van der Waals surface area contributed by atoms with E-state index in [0.717, 1.165) is 5.57 Å². The number of carbonyl (C=O) groups excluding carboxylic acids is 2. The maximum Gasteiger partial charge on any atom is 0.224 e. The zero-order chi connectivity index (χ0) is 14.1. The third-order valence-electron chi connectivity index (χ3n) is 2.79. The van der Waals surface area contributed by atoms with Crippen LogP contribution in [0.1, 0.15) is 33.1 Å². The predicted octanol–water partition coefficient (Wildman–Crippen LogP) is 1.77. The average molecular weight is 252 g/mol. The van der Waals surface area contributed by atoms with Gasteiger partial charge in [0, 0.05) is 12.5 Å². The molecule has 3 N–H and O–H groups in total. The Hall–Kier alpha value is -1.58. The van der Waals surface area contributed by atoms with E-state index >= 15 is 0 Å². The van der Waals surface area contributed by atoms with Gasteiger partial charge in [0.15, 0.2) is 0 Å². The summed E-state index contributed by atoms with van der Waals surface area (Å²) < 4.78 is 0. The zero-order valence-corrected chi connectivity index (χ0v) is 11.4. The van der Waals surface area contributed by atoms with Crippen LogP contribution in [0.5, 0.6) is 0 Å². The second kappa shape index (κ2) is 8.50. The molecule has 0 saturated carbocycles. The van der Waals surface area contributed by atoms with Crippen LogP contribution >= 0.6 is 0 Å². The zero-order valence-electron chi connectivity index (χ0n) is 11.4. The fourth-order valence-corrected chi connectivity index (χ4v) is 1.94. The van der Waals surface area contributed by atoms with Crippen LogP contribution in [-0.2, 0) is 9.59 Å². The topological polar surface area (TPSA) is 72.2 Å². The second-order valence-corrected chi connectivity index (χ2v) is 4.54. The van der Waals surface area contributed by atoms with Crippen LogP contribution in [-0.4, -0.2) is 18.4 Å². The number of hydrogen-bond donors (Lipinski definition) is 2. The lowest BCUT2D eigenvalue weighted by Gasteiger charge is -2.23. The molecule has 4 heteroatoms. The molecule has 2 atom stereocenters.